The number of nitrogens with zero attached hydrogens (tertiary/aromatic N) is 1. The molecule has 1 aromatic rings. The Labute approximate surface area is 191 Å². The van der Waals surface area contributed by atoms with Gasteiger partial charge >= 0.3 is 0 Å². The van der Waals surface area contributed by atoms with Gasteiger partial charge in [-0.2, -0.15) is 0 Å². The second kappa shape index (κ2) is 12.2. The van der Waals surface area contributed by atoms with Crippen LogP contribution in [0, 0.1) is 5.41 Å². The highest BCUT2D eigenvalue weighted by atomic mass is 127. The Morgan fingerprint density at radius 3 is 2.43 bits per heavy atom. The number of ether oxygens (including phenoxy) is 1. The highest BCUT2D eigenvalue weighted by Crippen LogP contribution is 2.32. The standard InChI is InChI=1S/C21H34ClN3O2.HI/c1-4-21(5-2,17-6-8-18(22)9-7-17)15-25-19(23-3)24-14-20(10-12-26)11-13-27-16-20;/h6-9,26H,4-5,10-16H2,1-3H3,(H2,23,24,25);1H. The van der Waals surface area contributed by atoms with Crippen LogP contribution in [0.25, 0.3) is 0 Å². The summed E-state index contributed by atoms with van der Waals surface area (Å²) in [4.78, 5) is 4.39. The molecule has 160 valence electrons. The van der Waals surface area contributed by atoms with E-state index in [0.717, 1.165) is 56.4 Å². The molecule has 0 aliphatic carbocycles. The van der Waals surface area contributed by atoms with Crippen molar-refractivity contribution in [2.24, 2.45) is 10.4 Å². The molecule has 1 atom stereocenters. The predicted octanol–water partition coefficient (Wildman–Crippen LogP) is 3.97. The maximum Gasteiger partial charge on any atom is 0.191 e. The largest absolute Gasteiger partial charge is 0.396 e. The minimum absolute atomic E-state index is 0. The lowest BCUT2D eigenvalue weighted by Gasteiger charge is -2.34. The predicted molar refractivity (Wildman–Crippen MR) is 128 cm³/mol. The molecule has 0 bridgehead atoms. The number of halogens is 2. The highest BCUT2D eigenvalue weighted by Gasteiger charge is 2.35. The normalized spacial score (nSPS) is 20.0. The van der Waals surface area contributed by atoms with Gasteiger partial charge in [-0.25, -0.2) is 0 Å². The Bertz CT molecular complexity index is 600. The Morgan fingerprint density at radius 1 is 1.25 bits per heavy atom. The van der Waals surface area contributed by atoms with Crippen molar-refractivity contribution in [3.05, 3.63) is 34.9 Å². The first-order valence-corrected chi connectivity index (χ1v) is 10.3. The summed E-state index contributed by atoms with van der Waals surface area (Å²) < 4.78 is 5.57. The third kappa shape index (κ3) is 6.47. The van der Waals surface area contributed by atoms with E-state index in [0.29, 0.717) is 6.61 Å². The lowest BCUT2D eigenvalue weighted by atomic mass is 9.76. The van der Waals surface area contributed by atoms with E-state index in [1.165, 1.54) is 5.56 Å². The van der Waals surface area contributed by atoms with Crippen LogP contribution in [0.5, 0.6) is 0 Å². The molecule has 28 heavy (non-hydrogen) atoms. The zero-order valence-corrected chi connectivity index (χ0v) is 20.3. The van der Waals surface area contributed by atoms with Gasteiger partial charge < -0.3 is 20.5 Å². The van der Waals surface area contributed by atoms with E-state index in [1.807, 2.05) is 12.1 Å². The van der Waals surface area contributed by atoms with E-state index in [9.17, 15) is 5.11 Å². The van der Waals surface area contributed by atoms with Crippen molar-refractivity contribution in [1.29, 1.82) is 0 Å². The van der Waals surface area contributed by atoms with Crippen LogP contribution in [-0.4, -0.2) is 51.0 Å². The first-order valence-electron chi connectivity index (χ1n) is 9.92. The smallest absolute Gasteiger partial charge is 0.191 e. The third-order valence-electron chi connectivity index (χ3n) is 6.09. The lowest BCUT2D eigenvalue weighted by molar-refractivity contribution is 0.127. The Hall–Kier alpha value is -0.570. The number of hydrogen-bond donors (Lipinski definition) is 3. The topological polar surface area (TPSA) is 65.9 Å². The van der Waals surface area contributed by atoms with Crippen LogP contribution in [0.4, 0.5) is 0 Å². The van der Waals surface area contributed by atoms with Crippen LogP contribution in [0.1, 0.15) is 45.1 Å². The van der Waals surface area contributed by atoms with Gasteiger partial charge in [-0.3, -0.25) is 4.99 Å². The molecule has 2 rings (SSSR count). The first-order chi connectivity index (χ1) is 13.0. The molecule has 1 saturated heterocycles. The lowest BCUT2D eigenvalue weighted by Crippen LogP contribution is -2.48. The molecule has 5 nitrogen and oxygen atoms in total. The average molecular weight is 524 g/mol. The van der Waals surface area contributed by atoms with Gasteiger partial charge in [0.2, 0.25) is 0 Å². The monoisotopic (exact) mass is 523 g/mol. The van der Waals surface area contributed by atoms with E-state index < -0.39 is 0 Å². The number of guanidine groups is 1. The molecule has 7 heteroatoms. The van der Waals surface area contributed by atoms with Crippen LogP contribution >= 0.6 is 35.6 Å². The van der Waals surface area contributed by atoms with Gasteiger partial charge in [0.05, 0.1) is 6.61 Å². The van der Waals surface area contributed by atoms with E-state index in [1.54, 1.807) is 7.05 Å². The SMILES string of the molecule is CCC(CC)(CNC(=NC)NCC1(CCO)CCOC1)c1ccc(Cl)cc1.I. The molecule has 1 aromatic carbocycles. The molecule has 1 heterocycles. The van der Waals surface area contributed by atoms with Gasteiger partial charge in [-0.1, -0.05) is 37.6 Å². The van der Waals surface area contributed by atoms with Gasteiger partial charge in [-0.15, -0.1) is 24.0 Å². The van der Waals surface area contributed by atoms with Crippen molar-refractivity contribution in [3.8, 4) is 0 Å². The minimum Gasteiger partial charge on any atom is -0.396 e. The van der Waals surface area contributed by atoms with Crippen LogP contribution in [0.2, 0.25) is 5.02 Å². The summed E-state index contributed by atoms with van der Waals surface area (Å²) in [5, 5.41) is 17.1. The van der Waals surface area contributed by atoms with Crippen LogP contribution < -0.4 is 10.6 Å². The Morgan fingerprint density at radius 2 is 1.93 bits per heavy atom. The number of hydrogen-bond acceptors (Lipinski definition) is 3. The molecule has 1 aliphatic rings. The van der Waals surface area contributed by atoms with E-state index in [-0.39, 0.29) is 41.4 Å². The number of benzene rings is 1. The summed E-state index contributed by atoms with van der Waals surface area (Å²) in [6, 6.07) is 8.17. The molecule has 0 amide bonds. The zero-order valence-electron chi connectivity index (χ0n) is 17.3. The van der Waals surface area contributed by atoms with Gasteiger partial charge in [-0.05, 0) is 43.4 Å². The van der Waals surface area contributed by atoms with E-state index in [2.05, 4.69) is 41.6 Å². The number of nitrogens with one attached hydrogen (secondary N) is 2. The van der Waals surface area contributed by atoms with Crippen molar-refractivity contribution in [3.63, 3.8) is 0 Å². The molecule has 0 saturated carbocycles. The fourth-order valence-electron chi connectivity index (χ4n) is 3.87. The van der Waals surface area contributed by atoms with Gasteiger partial charge in [0.15, 0.2) is 5.96 Å². The van der Waals surface area contributed by atoms with E-state index >= 15 is 0 Å². The molecule has 1 fully saturated rings. The highest BCUT2D eigenvalue weighted by molar-refractivity contribution is 14.0. The van der Waals surface area contributed by atoms with Crippen LogP contribution in [-0.2, 0) is 10.2 Å². The molecule has 0 spiro atoms. The first kappa shape index (κ1) is 25.5. The second-order valence-corrected chi connectivity index (χ2v) is 7.99. The summed E-state index contributed by atoms with van der Waals surface area (Å²) in [5.74, 6) is 0.791. The molecule has 0 radical (unpaired) electrons. The van der Waals surface area contributed by atoms with Gasteiger partial charge in [0.1, 0.15) is 0 Å². The quantitative estimate of drug-likeness (QED) is 0.260. The maximum absolute atomic E-state index is 9.40. The van der Waals surface area contributed by atoms with Crippen molar-refractivity contribution in [2.45, 2.75) is 44.9 Å². The summed E-state index contributed by atoms with van der Waals surface area (Å²) in [6.45, 7) is 7.63. The second-order valence-electron chi connectivity index (χ2n) is 7.55. The molecule has 0 aromatic heterocycles. The van der Waals surface area contributed by atoms with Crippen LogP contribution in [0.3, 0.4) is 0 Å². The molecule has 1 unspecified atom stereocenters. The van der Waals surface area contributed by atoms with E-state index in [4.69, 9.17) is 16.3 Å². The van der Waals surface area contributed by atoms with Crippen LogP contribution in [0.15, 0.2) is 29.3 Å². The number of rotatable bonds is 9. The maximum atomic E-state index is 9.40. The fourth-order valence-corrected chi connectivity index (χ4v) is 4.00. The fraction of sp³-hybridized carbons (Fsp3) is 0.667. The minimum atomic E-state index is -0.00481. The number of aliphatic hydroxyl groups excluding tert-OH is 1. The summed E-state index contributed by atoms with van der Waals surface area (Å²) in [5.41, 5.74) is 1.32. The summed E-state index contributed by atoms with van der Waals surface area (Å²) in [6.07, 6.45) is 3.76. The Balaban J connectivity index is 0.00000392. The van der Waals surface area contributed by atoms with Crippen molar-refractivity contribution in [1.82, 2.24) is 10.6 Å². The van der Waals surface area contributed by atoms with Gasteiger partial charge in [0, 0.05) is 49.2 Å². The number of aliphatic imine (C=N–C) groups is 1. The number of aliphatic hydroxyl groups is 1. The van der Waals surface area contributed by atoms with Crippen molar-refractivity contribution < 1.29 is 9.84 Å². The Kier molecular flexibility index (Phi) is 11.1. The molecule has 1 aliphatic heterocycles. The van der Waals surface area contributed by atoms with Crippen molar-refractivity contribution in [2.75, 3.05) is 40.0 Å². The summed E-state index contributed by atoms with van der Waals surface area (Å²) in [7, 11) is 1.79. The molecular formula is C21H35ClIN3O2. The third-order valence-corrected chi connectivity index (χ3v) is 6.34. The average Bonchev–Trinajstić information content (AvgIpc) is 3.15. The van der Waals surface area contributed by atoms with Gasteiger partial charge in [0.25, 0.3) is 0 Å². The van der Waals surface area contributed by atoms with Crippen molar-refractivity contribution >= 4 is 41.5 Å². The molecule has 3 N–H and O–H groups in total. The zero-order chi connectivity index (χ0) is 19.8. The summed E-state index contributed by atoms with van der Waals surface area (Å²) >= 11 is 6.07. The molecular weight excluding hydrogens is 489 g/mol.